The van der Waals surface area contributed by atoms with E-state index < -0.39 is 10.0 Å². The molecule has 0 atom stereocenters. The lowest BCUT2D eigenvalue weighted by Gasteiger charge is -2.12. The van der Waals surface area contributed by atoms with Gasteiger partial charge >= 0.3 is 0 Å². The van der Waals surface area contributed by atoms with Crippen LogP contribution in [0.1, 0.15) is 18.1 Å². The Labute approximate surface area is 170 Å². The highest BCUT2D eigenvalue weighted by Crippen LogP contribution is 2.27. The Morgan fingerprint density at radius 3 is 2.10 bits per heavy atom. The van der Waals surface area contributed by atoms with Crippen molar-refractivity contribution >= 4 is 27.3 Å². The van der Waals surface area contributed by atoms with Gasteiger partial charge in [0.25, 0.3) is 10.0 Å². The maximum atomic E-state index is 12.6. The number of carbonyl (C=O) groups excluding carboxylic acids is 1. The van der Waals surface area contributed by atoms with E-state index in [1.165, 1.54) is 31.2 Å². The minimum atomic E-state index is -3.75. The topological polar surface area (TPSA) is 84.5 Å². The summed E-state index contributed by atoms with van der Waals surface area (Å²) in [6, 6.07) is 18.6. The van der Waals surface area contributed by atoms with E-state index in [4.69, 9.17) is 4.74 Å². The van der Waals surface area contributed by atoms with Crippen molar-refractivity contribution in [2.75, 3.05) is 10.0 Å². The van der Waals surface area contributed by atoms with Crippen LogP contribution in [0.25, 0.3) is 0 Å². The smallest absolute Gasteiger partial charge is 0.261 e. The first kappa shape index (κ1) is 20.4. The lowest BCUT2D eigenvalue weighted by Crippen LogP contribution is -2.13. The zero-order valence-electron chi connectivity index (χ0n) is 16.4. The second-order valence-electron chi connectivity index (χ2n) is 6.71. The maximum Gasteiger partial charge on any atom is 0.261 e. The van der Waals surface area contributed by atoms with Gasteiger partial charge in [-0.25, -0.2) is 8.42 Å². The molecule has 0 heterocycles. The highest BCUT2D eigenvalue weighted by Gasteiger charge is 2.14. The van der Waals surface area contributed by atoms with Gasteiger partial charge in [-0.2, -0.15) is 0 Å². The first-order valence-corrected chi connectivity index (χ1v) is 10.5. The predicted molar refractivity (Wildman–Crippen MR) is 114 cm³/mol. The third-order valence-corrected chi connectivity index (χ3v) is 5.56. The molecule has 2 N–H and O–H groups in total. The van der Waals surface area contributed by atoms with E-state index in [0.717, 1.165) is 16.9 Å². The summed E-state index contributed by atoms with van der Waals surface area (Å²) in [6.45, 7) is 5.35. The van der Waals surface area contributed by atoms with Crippen LogP contribution < -0.4 is 14.8 Å². The number of benzene rings is 3. The number of amides is 1. The number of hydrogen-bond donors (Lipinski definition) is 2. The van der Waals surface area contributed by atoms with Crippen LogP contribution >= 0.6 is 0 Å². The van der Waals surface area contributed by atoms with Crippen molar-refractivity contribution < 1.29 is 17.9 Å². The molecule has 6 nitrogen and oxygen atoms in total. The average molecular weight is 410 g/mol. The number of aryl methyl sites for hydroxylation is 2. The number of nitrogens with one attached hydrogen (secondary N) is 2. The summed E-state index contributed by atoms with van der Waals surface area (Å²) >= 11 is 0. The minimum absolute atomic E-state index is 0.0994. The normalized spacial score (nSPS) is 11.0. The van der Waals surface area contributed by atoms with Gasteiger partial charge in [0, 0.05) is 18.3 Å². The molecule has 0 spiro atoms. The Balaban J connectivity index is 1.71. The highest BCUT2D eigenvalue weighted by molar-refractivity contribution is 7.92. The summed E-state index contributed by atoms with van der Waals surface area (Å²) in [5, 5.41) is 2.60. The van der Waals surface area contributed by atoms with Crippen molar-refractivity contribution in [3.05, 3.63) is 77.9 Å². The van der Waals surface area contributed by atoms with Crippen LogP contribution in [-0.4, -0.2) is 14.3 Å². The van der Waals surface area contributed by atoms with E-state index in [1.807, 2.05) is 32.0 Å². The molecule has 0 saturated heterocycles. The second-order valence-corrected chi connectivity index (χ2v) is 8.39. The number of rotatable bonds is 6. The molecule has 0 fully saturated rings. The molecule has 3 aromatic rings. The number of sulfonamides is 1. The van der Waals surface area contributed by atoms with E-state index in [2.05, 4.69) is 10.0 Å². The molecule has 0 unspecified atom stereocenters. The van der Waals surface area contributed by atoms with Crippen LogP contribution in [-0.2, 0) is 14.8 Å². The van der Waals surface area contributed by atoms with E-state index in [0.29, 0.717) is 17.1 Å². The molecule has 7 heteroatoms. The van der Waals surface area contributed by atoms with Gasteiger partial charge in [0.15, 0.2) is 0 Å². The van der Waals surface area contributed by atoms with Crippen LogP contribution in [0, 0.1) is 13.8 Å². The molecule has 0 aliphatic carbocycles. The van der Waals surface area contributed by atoms with Crippen molar-refractivity contribution in [2.24, 2.45) is 0 Å². The molecular formula is C22H22N2O4S. The Morgan fingerprint density at radius 1 is 0.862 bits per heavy atom. The largest absolute Gasteiger partial charge is 0.457 e. The first-order valence-electron chi connectivity index (χ1n) is 8.98. The molecule has 0 aromatic heterocycles. The molecule has 0 saturated carbocycles. The van der Waals surface area contributed by atoms with Gasteiger partial charge in [-0.05, 0) is 79.6 Å². The Kier molecular flexibility index (Phi) is 5.89. The summed E-state index contributed by atoms with van der Waals surface area (Å²) in [5.74, 6) is 1.15. The van der Waals surface area contributed by atoms with Crippen LogP contribution in [0.5, 0.6) is 11.5 Å². The Bertz CT molecular complexity index is 1120. The third-order valence-electron chi connectivity index (χ3n) is 4.16. The zero-order chi connectivity index (χ0) is 21.0. The van der Waals surface area contributed by atoms with Crippen molar-refractivity contribution in [1.82, 2.24) is 0 Å². The zero-order valence-corrected chi connectivity index (χ0v) is 17.2. The van der Waals surface area contributed by atoms with Gasteiger partial charge in [0.2, 0.25) is 5.91 Å². The summed E-state index contributed by atoms with van der Waals surface area (Å²) in [7, 11) is -3.75. The summed E-state index contributed by atoms with van der Waals surface area (Å²) in [5.41, 5.74) is 3.07. The number of ether oxygens (including phenoxy) is 1. The van der Waals surface area contributed by atoms with Crippen LogP contribution in [0.4, 0.5) is 11.4 Å². The first-order chi connectivity index (χ1) is 13.7. The van der Waals surface area contributed by atoms with Gasteiger partial charge in [0.1, 0.15) is 11.5 Å². The van der Waals surface area contributed by atoms with Crippen molar-refractivity contribution in [3.63, 3.8) is 0 Å². The van der Waals surface area contributed by atoms with Gasteiger partial charge in [-0.1, -0.05) is 12.1 Å². The predicted octanol–water partition coefficient (Wildman–Crippen LogP) is 4.85. The van der Waals surface area contributed by atoms with Crippen molar-refractivity contribution in [2.45, 2.75) is 25.7 Å². The fourth-order valence-electron chi connectivity index (χ4n) is 2.67. The highest BCUT2D eigenvalue weighted by atomic mass is 32.2. The van der Waals surface area contributed by atoms with Crippen molar-refractivity contribution in [1.29, 1.82) is 0 Å². The van der Waals surface area contributed by atoms with Crippen LogP contribution in [0.3, 0.4) is 0 Å². The maximum absolute atomic E-state index is 12.6. The molecule has 150 valence electrons. The number of hydrogen-bond acceptors (Lipinski definition) is 4. The standard InChI is InChI=1S/C22H22N2O4S/c1-15-4-5-16(2)22(14-15)28-20-10-6-19(7-11-20)24-29(26,27)21-12-8-18(9-13-21)23-17(3)25/h4-14,24H,1-3H3,(H,23,25). The molecule has 0 aliphatic heterocycles. The molecule has 0 radical (unpaired) electrons. The molecule has 3 rings (SSSR count). The average Bonchev–Trinajstić information content (AvgIpc) is 2.66. The Hall–Kier alpha value is -3.32. The monoisotopic (exact) mass is 410 g/mol. The quantitative estimate of drug-likeness (QED) is 0.608. The molecular weight excluding hydrogens is 388 g/mol. The fourth-order valence-corrected chi connectivity index (χ4v) is 3.73. The van der Waals surface area contributed by atoms with Gasteiger partial charge in [-0.3, -0.25) is 9.52 Å². The number of carbonyl (C=O) groups is 1. The molecule has 29 heavy (non-hydrogen) atoms. The van der Waals surface area contributed by atoms with Gasteiger partial charge in [0.05, 0.1) is 4.90 Å². The lowest BCUT2D eigenvalue weighted by molar-refractivity contribution is -0.114. The Morgan fingerprint density at radius 2 is 1.48 bits per heavy atom. The third kappa shape index (κ3) is 5.36. The second kappa shape index (κ2) is 8.36. The lowest BCUT2D eigenvalue weighted by atomic mass is 10.1. The summed E-state index contributed by atoms with van der Waals surface area (Å²) in [4.78, 5) is 11.2. The fraction of sp³-hybridized carbons (Fsp3) is 0.136. The van der Waals surface area contributed by atoms with Crippen molar-refractivity contribution in [3.8, 4) is 11.5 Å². The van der Waals surface area contributed by atoms with Crippen LogP contribution in [0.2, 0.25) is 0 Å². The van der Waals surface area contributed by atoms with E-state index in [-0.39, 0.29) is 10.8 Å². The summed E-state index contributed by atoms with van der Waals surface area (Å²) in [6.07, 6.45) is 0. The van der Waals surface area contributed by atoms with Gasteiger partial charge < -0.3 is 10.1 Å². The number of anilines is 2. The molecule has 3 aromatic carbocycles. The summed E-state index contributed by atoms with van der Waals surface area (Å²) < 4.78 is 33.6. The van der Waals surface area contributed by atoms with E-state index in [9.17, 15) is 13.2 Å². The van der Waals surface area contributed by atoms with E-state index in [1.54, 1.807) is 24.3 Å². The minimum Gasteiger partial charge on any atom is -0.457 e. The molecule has 0 bridgehead atoms. The van der Waals surface area contributed by atoms with E-state index >= 15 is 0 Å². The molecule has 0 aliphatic rings. The van der Waals surface area contributed by atoms with Gasteiger partial charge in [-0.15, -0.1) is 0 Å². The SMILES string of the molecule is CC(=O)Nc1ccc(S(=O)(=O)Nc2ccc(Oc3cc(C)ccc3C)cc2)cc1. The molecule has 1 amide bonds. The van der Waals surface area contributed by atoms with Crippen LogP contribution in [0.15, 0.2) is 71.6 Å².